The fourth-order valence-electron chi connectivity index (χ4n) is 1.59. The van der Waals surface area contributed by atoms with Crippen LogP contribution >= 0.6 is 11.6 Å². The minimum Gasteiger partial charge on any atom is -0.380 e. The normalized spacial score (nSPS) is 14.8. The van der Waals surface area contributed by atoms with E-state index in [1.165, 1.54) is 6.07 Å². The number of methoxy groups -OCH3 is 1. The lowest BCUT2D eigenvalue weighted by molar-refractivity contribution is 0.0854. The van der Waals surface area contributed by atoms with Gasteiger partial charge >= 0.3 is 0 Å². The molecule has 90 valence electrons. The van der Waals surface area contributed by atoms with Gasteiger partial charge in [0.1, 0.15) is 5.82 Å². The number of hydrogen-bond donors (Lipinski definition) is 1. The van der Waals surface area contributed by atoms with E-state index in [1.54, 1.807) is 19.2 Å². The van der Waals surface area contributed by atoms with Gasteiger partial charge in [-0.15, -0.1) is 0 Å². The summed E-state index contributed by atoms with van der Waals surface area (Å²) in [5.74, 6) is -0.268. The molecule has 0 bridgehead atoms. The van der Waals surface area contributed by atoms with E-state index in [2.05, 4.69) is 5.32 Å². The monoisotopic (exact) mass is 245 g/mol. The van der Waals surface area contributed by atoms with Gasteiger partial charge in [0.15, 0.2) is 0 Å². The van der Waals surface area contributed by atoms with Crippen LogP contribution in [-0.4, -0.2) is 26.3 Å². The standard InChI is InChI=1S/C12H17ClFNO/c1-8(16-3)12(15-2)6-9-4-5-10(13)7-11(9)14/h4-5,7-8,12,15H,6H2,1-3H3. The third-order valence-corrected chi connectivity index (χ3v) is 3.00. The zero-order valence-electron chi connectivity index (χ0n) is 9.76. The van der Waals surface area contributed by atoms with Crippen molar-refractivity contribution in [2.75, 3.05) is 14.2 Å². The van der Waals surface area contributed by atoms with Crippen LogP contribution in [0.15, 0.2) is 18.2 Å². The van der Waals surface area contributed by atoms with Crippen LogP contribution in [0.25, 0.3) is 0 Å². The zero-order valence-corrected chi connectivity index (χ0v) is 10.5. The number of likely N-dealkylation sites (N-methyl/N-ethyl adjacent to an activating group) is 1. The summed E-state index contributed by atoms with van der Waals surface area (Å²) in [4.78, 5) is 0. The molecular formula is C12H17ClFNO. The van der Waals surface area contributed by atoms with E-state index in [9.17, 15) is 4.39 Å². The second-order valence-corrected chi connectivity index (χ2v) is 4.21. The molecule has 1 N–H and O–H groups in total. The average Bonchev–Trinajstić information content (AvgIpc) is 2.27. The molecular weight excluding hydrogens is 229 g/mol. The Morgan fingerprint density at radius 1 is 1.50 bits per heavy atom. The average molecular weight is 246 g/mol. The molecule has 0 aliphatic heterocycles. The highest BCUT2D eigenvalue weighted by atomic mass is 35.5. The Labute approximate surface area is 101 Å². The minimum absolute atomic E-state index is 0.0279. The van der Waals surface area contributed by atoms with Crippen molar-refractivity contribution in [3.63, 3.8) is 0 Å². The van der Waals surface area contributed by atoms with Crippen molar-refractivity contribution in [2.45, 2.75) is 25.5 Å². The van der Waals surface area contributed by atoms with Gasteiger partial charge in [0.25, 0.3) is 0 Å². The maximum atomic E-state index is 13.6. The first-order chi connectivity index (χ1) is 7.58. The van der Waals surface area contributed by atoms with Gasteiger partial charge in [0.05, 0.1) is 6.10 Å². The Hall–Kier alpha value is -0.640. The summed E-state index contributed by atoms with van der Waals surface area (Å²) in [6.45, 7) is 1.95. The van der Waals surface area contributed by atoms with Crippen LogP contribution < -0.4 is 5.32 Å². The highest BCUT2D eigenvalue weighted by molar-refractivity contribution is 6.30. The zero-order chi connectivity index (χ0) is 12.1. The summed E-state index contributed by atoms with van der Waals surface area (Å²) in [5.41, 5.74) is 0.646. The maximum Gasteiger partial charge on any atom is 0.127 e. The summed E-state index contributed by atoms with van der Waals surface area (Å²) in [6, 6.07) is 4.83. The van der Waals surface area contributed by atoms with Crippen molar-refractivity contribution in [2.24, 2.45) is 0 Å². The quantitative estimate of drug-likeness (QED) is 0.861. The summed E-state index contributed by atoms with van der Waals surface area (Å²) in [6.07, 6.45) is 0.606. The predicted octanol–water partition coefficient (Wildman–Crippen LogP) is 2.64. The molecule has 2 nitrogen and oxygen atoms in total. The number of benzene rings is 1. The molecule has 4 heteroatoms. The Morgan fingerprint density at radius 3 is 2.69 bits per heavy atom. The van der Waals surface area contributed by atoms with E-state index in [0.717, 1.165) is 0 Å². The topological polar surface area (TPSA) is 21.3 Å². The largest absolute Gasteiger partial charge is 0.380 e. The lowest BCUT2D eigenvalue weighted by Gasteiger charge is -2.22. The Kier molecular flexibility index (Phi) is 5.19. The van der Waals surface area contributed by atoms with Crippen LogP contribution in [0, 0.1) is 5.82 Å². The highest BCUT2D eigenvalue weighted by Gasteiger charge is 2.17. The minimum atomic E-state index is -0.268. The van der Waals surface area contributed by atoms with Crippen molar-refractivity contribution in [1.29, 1.82) is 0 Å². The molecule has 0 aliphatic rings. The highest BCUT2D eigenvalue weighted by Crippen LogP contribution is 2.17. The second-order valence-electron chi connectivity index (χ2n) is 3.78. The van der Waals surface area contributed by atoms with Crippen LogP contribution in [0.5, 0.6) is 0 Å². The lowest BCUT2D eigenvalue weighted by Crippen LogP contribution is -2.39. The Bertz CT molecular complexity index is 346. The van der Waals surface area contributed by atoms with Crippen LogP contribution in [0.2, 0.25) is 5.02 Å². The summed E-state index contributed by atoms with van der Waals surface area (Å²) < 4.78 is 18.8. The summed E-state index contributed by atoms with van der Waals surface area (Å²) in [5, 5.41) is 3.54. The molecule has 2 atom stereocenters. The predicted molar refractivity (Wildman–Crippen MR) is 64.4 cm³/mol. The number of ether oxygens (including phenoxy) is 1. The summed E-state index contributed by atoms with van der Waals surface area (Å²) in [7, 11) is 3.49. The van der Waals surface area contributed by atoms with E-state index >= 15 is 0 Å². The Morgan fingerprint density at radius 2 is 2.19 bits per heavy atom. The van der Waals surface area contributed by atoms with Crippen molar-refractivity contribution in [1.82, 2.24) is 5.32 Å². The molecule has 16 heavy (non-hydrogen) atoms. The van der Waals surface area contributed by atoms with Gasteiger partial charge in [-0.2, -0.15) is 0 Å². The van der Waals surface area contributed by atoms with Crippen LogP contribution in [-0.2, 0) is 11.2 Å². The van der Waals surface area contributed by atoms with Gasteiger partial charge in [0.2, 0.25) is 0 Å². The van der Waals surface area contributed by atoms with Gasteiger partial charge in [-0.25, -0.2) is 4.39 Å². The van der Waals surface area contributed by atoms with Crippen molar-refractivity contribution < 1.29 is 9.13 Å². The van der Waals surface area contributed by atoms with Crippen molar-refractivity contribution >= 4 is 11.6 Å². The van der Waals surface area contributed by atoms with Crippen LogP contribution in [0.4, 0.5) is 4.39 Å². The first-order valence-electron chi connectivity index (χ1n) is 5.22. The molecule has 0 spiro atoms. The second kappa shape index (κ2) is 6.18. The maximum absolute atomic E-state index is 13.6. The van der Waals surface area contributed by atoms with E-state index in [1.807, 2.05) is 14.0 Å². The molecule has 1 rings (SSSR count). The van der Waals surface area contributed by atoms with Crippen LogP contribution in [0.3, 0.4) is 0 Å². The van der Waals surface area contributed by atoms with E-state index in [0.29, 0.717) is 17.0 Å². The van der Waals surface area contributed by atoms with Crippen LogP contribution in [0.1, 0.15) is 12.5 Å². The molecule has 0 heterocycles. The number of nitrogens with one attached hydrogen (secondary N) is 1. The molecule has 0 radical (unpaired) electrons. The smallest absolute Gasteiger partial charge is 0.127 e. The molecule has 2 unspecified atom stereocenters. The molecule has 0 saturated heterocycles. The van der Waals surface area contributed by atoms with E-state index < -0.39 is 0 Å². The van der Waals surface area contributed by atoms with Gasteiger partial charge in [-0.1, -0.05) is 17.7 Å². The Balaban J connectivity index is 2.78. The van der Waals surface area contributed by atoms with Crippen molar-refractivity contribution in [3.8, 4) is 0 Å². The van der Waals surface area contributed by atoms with Gasteiger partial charge in [-0.3, -0.25) is 0 Å². The number of hydrogen-bond acceptors (Lipinski definition) is 2. The van der Waals surface area contributed by atoms with E-state index in [4.69, 9.17) is 16.3 Å². The molecule has 1 aromatic carbocycles. The first kappa shape index (κ1) is 13.4. The number of halogens is 2. The molecule has 0 fully saturated rings. The third-order valence-electron chi connectivity index (χ3n) is 2.76. The first-order valence-corrected chi connectivity index (χ1v) is 5.60. The van der Waals surface area contributed by atoms with E-state index in [-0.39, 0.29) is 18.0 Å². The SMILES string of the molecule is CNC(Cc1ccc(Cl)cc1F)C(C)OC. The summed E-state index contributed by atoms with van der Waals surface area (Å²) >= 11 is 5.70. The third kappa shape index (κ3) is 3.44. The lowest BCUT2D eigenvalue weighted by atomic mass is 10.0. The van der Waals surface area contributed by atoms with Gasteiger partial charge < -0.3 is 10.1 Å². The van der Waals surface area contributed by atoms with Crippen molar-refractivity contribution in [3.05, 3.63) is 34.6 Å². The van der Waals surface area contributed by atoms with Gasteiger partial charge in [0, 0.05) is 18.2 Å². The fourth-order valence-corrected chi connectivity index (χ4v) is 1.75. The molecule has 0 amide bonds. The molecule has 0 aliphatic carbocycles. The number of rotatable bonds is 5. The molecule has 1 aromatic rings. The van der Waals surface area contributed by atoms with Gasteiger partial charge in [-0.05, 0) is 38.1 Å². The molecule has 0 aromatic heterocycles. The molecule has 0 saturated carbocycles. The fraction of sp³-hybridized carbons (Fsp3) is 0.500.